The number of anilines is 1. The second kappa shape index (κ2) is 6.27. The third-order valence-electron chi connectivity index (χ3n) is 2.98. The van der Waals surface area contributed by atoms with Crippen molar-refractivity contribution in [2.45, 2.75) is 32.7 Å². The second-order valence-corrected chi connectivity index (χ2v) is 4.87. The largest absolute Gasteiger partial charge is 0.491 e. The zero-order valence-electron chi connectivity index (χ0n) is 11.5. The molecule has 2 N–H and O–H groups in total. The van der Waals surface area contributed by atoms with Gasteiger partial charge in [-0.1, -0.05) is 26.0 Å². The number of hydrogen-bond acceptors (Lipinski definition) is 3. The summed E-state index contributed by atoms with van der Waals surface area (Å²) >= 11 is 0. The van der Waals surface area contributed by atoms with Gasteiger partial charge in [-0.2, -0.15) is 0 Å². The van der Waals surface area contributed by atoms with E-state index >= 15 is 0 Å². The first-order chi connectivity index (χ1) is 9.18. The monoisotopic (exact) mass is 259 g/mol. The summed E-state index contributed by atoms with van der Waals surface area (Å²) in [6, 6.07) is 7.58. The van der Waals surface area contributed by atoms with E-state index in [2.05, 4.69) is 23.4 Å². The van der Waals surface area contributed by atoms with Crippen LogP contribution in [0.4, 0.5) is 5.69 Å². The molecule has 2 rings (SSSR count). The summed E-state index contributed by atoms with van der Waals surface area (Å²) in [7, 11) is 0. The van der Waals surface area contributed by atoms with Crippen LogP contribution in [0.2, 0.25) is 0 Å². The molecule has 0 atom stereocenters. The molecule has 0 radical (unpaired) electrons. The summed E-state index contributed by atoms with van der Waals surface area (Å²) in [6.07, 6.45) is 4.81. The van der Waals surface area contributed by atoms with Gasteiger partial charge in [0.15, 0.2) is 0 Å². The molecule has 1 aromatic carbocycles. The number of nitrogens with two attached hydrogens (primary N) is 1. The van der Waals surface area contributed by atoms with E-state index in [1.807, 2.05) is 36.7 Å². The van der Waals surface area contributed by atoms with Crippen LogP contribution < -0.4 is 10.5 Å². The van der Waals surface area contributed by atoms with Crippen molar-refractivity contribution in [2.24, 2.45) is 0 Å². The molecule has 2 aromatic rings. The van der Waals surface area contributed by atoms with Crippen LogP contribution in [0, 0.1) is 0 Å². The summed E-state index contributed by atoms with van der Waals surface area (Å²) in [5, 5.41) is 0. The van der Waals surface area contributed by atoms with E-state index in [1.165, 1.54) is 0 Å². The topological polar surface area (TPSA) is 53.1 Å². The quantitative estimate of drug-likeness (QED) is 0.640. The van der Waals surface area contributed by atoms with Crippen LogP contribution in [0.1, 0.15) is 32.0 Å². The maximum atomic E-state index is 5.82. The van der Waals surface area contributed by atoms with Gasteiger partial charge in [0.05, 0.1) is 12.3 Å². The van der Waals surface area contributed by atoms with Crippen LogP contribution in [0.25, 0.3) is 0 Å². The Morgan fingerprint density at radius 1 is 1.32 bits per heavy atom. The van der Waals surface area contributed by atoms with Crippen LogP contribution in [-0.2, 0) is 6.54 Å². The molecular weight excluding hydrogens is 238 g/mol. The number of aryl methyl sites for hydroxylation is 1. The SMILES string of the molecule is CC(C)c1nccn1CCCOc1ccccc1N. The van der Waals surface area contributed by atoms with Crippen LogP contribution in [0.3, 0.4) is 0 Å². The molecule has 0 spiro atoms. The minimum atomic E-state index is 0.445. The molecule has 4 heteroatoms. The fourth-order valence-corrected chi connectivity index (χ4v) is 2.04. The molecule has 0 unspecified atom stereocenters. The van der Waals surface area contributed by atoms with E-state index in [9.17, 15) is 0 Å². The van der Waals surface area contributed by atoms with Crippen molar-refractivity contribution in [3.05, 3.63) is 42.5 Å². The van der Waals surface area contributed by atoms with E-state index in [0.717, 1.165) is 24.5 Å². The van der Waals surface area contributed by atoms with Crippen molar-refractivity contribution in [3.63, 3.8) is 0 Å². The summed E-state index contributed by atoms with van der Waals surface area (Å²) in [6.45, 7) is 5.88. The van der Waals surface area contributed by atoms with Crippen LogP contribution in [0.15, 0.2) is 36.7 Å². The minimum absolute atomic E-state index is 0.445. The molecule has 102 valence electrons. The fourth-order valence-electron chi connectivity index (χ4n) is 2.04. The highest BCUT2D eigenvalue weighted by Gasteiger charge is 2.06. The summed E-state index contributed by atoms with van der Waals surface area (Å²) in [5.74, 6) is 2.33. The predicted octanol–water partition coefficient (Wildman–Crippen LogP) is 3.06. The summed E-state index contributed by atoms with van der Waals surface area (Å²) in [4.78, 5) is 4.37. The van der Waals surface area contributed by atoms with Gasteiger partial charge in [0.2, 0.25) is 0 Å². The van der Waals surface area contributed by atoms with Gasteiger partial charge in [0.1, 0.15) is 11.6 Å². The first-order valence-electron chi connectivity index (χ1n) is 6.67. The number of ether oxygens (including phenoxy) is 1. The Balaban J connectivity index is 1.81. The van der Waals surface area contributed by atoms with Gasteiger partial charge >= 0.3 is 0 Å². The Morgan fingerprint density at radius 3 is 2.84 bits per heavy atom. The average molecular weight is 259 g/mol. The van der Waals surface area contributed by atoms with Crippen LogP contribution >= 0.6 is 0 Å². The summed E-state index contributed by atoms with van der Waals surface area (Å²) < 4.78 is 7.86. The lowest BCUT2D eigenvalue weighted by molar-refractivity contribution is 0.302. The third kappa shape index (κ3) is 3.50. The third-order valence-corrected chi connectivity index (χ3v) is 2.98. The van der Waals surface area contributed by atoms with E-state index in [0.29, 0.717) is 18.2 Å². The smallest absolute Gasteiger partial charge is 0.142 e. The van der Waals surface area contributed by atoms with E-state index in [4.69, 9.17) is 10.5 Å². The van der Waals surface area contributed by atoms with Crippen molar-refractivity contribution in [3.8, 4) is 5.75 Å². The van der Waals surface area contributed by atoms with Crippen molar-refractivity contribution in [1.29, 1.82) is 0 Å². The number of benzene rings is 1. The number of rotatable bonds is 6. The van der Waals surface area contributed by atoms with Gasteiger partial charge in [-0.15, -0.1) is 0 Å². The molecule has 0 aliphatic carbocycles. The molecule has 0 amide bonds. The van der Waals surface area contributed by atoms with E-state index in [-0.39, 0.29) is 0 Å². The van der Waals surface area contributed by atoms with E-state index in [1.54, 1.807) is 0 Å². The van der Waals surface area contributed by atoms with Gasteiger partial charge in [-0.05, 0) is 18.6 Å². The van der Waals surface area contributed by atoms with Crippen molar-refractivity contribution < 1.29 is 4.74 Å². The molecule has 0 bridgehead atoms. The molecule has 0 saturated heterocycles. The van der Waals surface area contributed by atoms with E-state index < -0.39 is 0 Å². The highest BCUT2D eigenvalue weighted by molar-refractivity contribution is 5.51. The maximum Gasteiger partial charge on any atom is 0.142 e. The number of imidazole rings is 1. The lowest BCUT2D eigenvalue weighted by Crippen LogP contribution is -2.08. The normalized spacial score (nSPS) is 10.9. The number of aromatic nitrogens is 2. The number of nitrogens with zero attached hydrogens (tertiary/aromatic N) is 2. The van der Waals surface area contributed by atoms with Crippen molar-refractivity contribution in [1.82, 2.24) is 9.55 Å². The Kier molecular flexibility index (Phi) is 4.44. The minimum Gasteiger partial charge on any atom is -0.491 e. The lowest BCUT2D eigenvalue weighted by Gasteiger charge is -2.11. The summed E-state index contributed by atoms with van der Waals surface area (Å²) in [5.41, 5.74) is 6.51. The zero-order chi connectivity index (χ0) is 13.7. The average Bonchev–Trinajstić information content (AvgIpc) is 2.85. The molecule has 0 aliphatic heterocycles. The highest BCUT2D eigenvalue weighted by Crippen LogP contribution is 2.20. The fraction of sp³-hybridized carbons (Fsp3) is 0.400. The first kappa shape index (κ1) is 13.5. The number of nitrogen functional groups attached to an aromatic ring is 1. The Hall–Kier alpha value is -1.97. The van der Waals surface area contributed by atoms with Gasteiger partial charge in [-0.25, -0.2) is 4.98 Å². The van der Waals surface area contributed by atoms with Gasteiger partial charge in [-0.3, -0.25) is 0 Å². The van der Waals surface area contributed by atoms with Gasteiger partial charge in [0, 0.05) is 24.9 Å². The molecule has 0 saturated carbocycles. The molecule has 0 aliphatic rings. The van der Waals surface area contributed by atoms with Crippen molar-refractivity contribution in [2.75, 3.05) is 12.3 Å². The maximum absolute atomic E-state index is 5.82. The first-order valence-corrected chi connectivity index (χ1v) is 6.67. The molecule has 4 nitrogen and oxygen atoms in total. The lowest BCUT2D eigenvalue weighted by atomic mass is 10.2. The molecule has 1 heterocycles. The standard InChI is InChI=1S/C15H21N3O/c1-12(2)15-17-8-10-18(15)9-5-11-19-14-7-4-3-6-13(14)16/h3-4,6-8,10,12H,5,9,11,16H2,1-2H3. The molecule has 1 aromatic heterocycles. The molecule has 19 heavy (non-hydrogen) atoms. The van der Waals surface area contributed by atoms with Crippen LogP contribution in [0.5, 0.6) is 5.75 Å². The Labute approximate surface area is 114 Å². The van der Waals surface area contributed by atoms with Crippen molar-refractivity contribution >= 4 is 5.69 Å². The molecular formula is C15H21N3O. The molecule has 0 fully saturated rings. The second-order valence-electron chi connectivity index (χ2n) is 4.87. The highest BCUT2D eigenvalue weighted by atomic mass is 16.5. The zero-order valence-corrected chi connectivity index (χ0v) is 11.5. The van der Waals surface area contributed by atoms with Gasteiger partial charge in [0.25, 0.3) is 0 Å². The number of para-hydroxylation sites is 2. The van der Waals surface area contributed by atoms with Gasteiger partial charge < -0.3 is 15.0 Å². The predicted molar refractivity (Wildman–Crippen MR) is 77.3 cm³/mol. The Morgan fingerprint density at radius 2 is 2.11 bits per heavy atom. The number of hydrogen-bond donors (Lipinski definition) is 1. The Bertz CT molecular complexity index is 520. The van der Waals surface area contributed by atoms with Crippen LogP contribution in [-0.4, -0.2) is 16.2 Å².